The normalized spacial score (nSPS) is 11.1. The van der Waals surface area contributed by atoms with Gasteiger partial charge in [0.25, 0.3) is 0 Å². The largest absolute Gasteiger partial charge is 0.491 e. The van der Waals surface area contributed by atoms with Crippen LogP contribution in [-0.4, -0.2) is 65.7 Å². The van der Waals surface area contributed by atoms with Crippen LogP contribution >= 0.6 is 0 Å². The third-order valence-corrected chi connectivity index (χ3v) is 4.71. The number of amides is 1. The molecule has 0 spiro atoms. The molecule has 2 aromatic rings. The molecule has 0 saturated heterocycles. The lowest BCUT2D eigenvalue weighted by Crippen LogP contribution is -2.29. The van der Waals surface area contributed by atoms with Crippen LogP contribution < -0.4 is 15.8 Å². The van der Waals surface area contributed by atoms with Crippen LogP contribution in [0.3, 0.4) is 0 Å². The summed E-state index contributed by atoms with van der Waals surface area (Å²) in [5.41, 5.74) is 6.42. The van der Waals surface area contributed by atoms with E-state index >= 15 is 0 Å². The van der Waals surface area contributed by atoms with Gasteiger partial charge in [0.2, 0.25) is 11.9 Å². The number of nitrogen functional groups attached to an aromatic ring is 1. The molecule has 0 radical (unpaired) electrons. The summed E-state index contributed by atoms with van der Waals surface area (Å²) in [6.07, 6.45) is 5.94. The fraction of sp³-hybridized carbons (Fsp3) is 0.636. The number of nitrogens with one attached hydrogen (secondary N) is 1. The number of aromatic nitrogens is 4. The number of ether oxygens (including phenoxy) is 3. The first-order valence-corrected chi connectivity index (χ1v) is 11.3. The standard InChI is InChI=1S/C22H36N6O4/c1-18(2)7-5-3-4-6-12-24-21(29)17-31-14-13-30-15-16-32-20-10-8-19(9-11-20)28-22(23)25-26-27-28/h8-11,18H,3-7,12-17H2,1-2H3,(H,24,29)(H2,23,25,27). The number of hydrogen-bond acceptors (Lipinski definition) is 8. The third-order valence-electron chi connectivity index (χ3n) is 4.71. The number of rotatable bonds is 17. The Balaban J connectivity index is 1.41. The van der Waals surface area contributed by atoms with Crippen molar-refractivity contribution in [1.82, 2.24) is 25.5 Å². The van der Waals surface area contributed by atoms with Crippen molar-refractivity contribution in [1.29, 1.82) is 0 Å². The van der Waals surface area contributed by atoms with E-state index in [0.717, 1.165) is 24.4 Å². The smallest absolute Gasteiger partial charge is 0.245 e. The highest BCUT2D eigenvalue weighted by Crippen LogP contribution is 2.15. The van der Waals surface area contributed by atoms with Crippen molar-refractivity contribution in [3.05, 3.63) is 24.3 Å². The average molecular weight is 449 g/mol. The number of benzene rings is 1. The van der Waals surface area contributed by atoms with Crippen molar-refractivity contribution < 1.29 is 19.0 Å². The van der Waals surface area contributed by atoms with Crippen molar-refractivity contribution in [2.24, 2.45) is 5.92 Å². The van der Waals surface area contributed by atoms with Crippen molar-refractivity contribution in [2.75, 3.05) is 45.3 Å². The minimum absolute atomic E-state index is 0.0609. The Morgan fingerprint density at radius 3 is 2.47 bits per heavy atom. The molecule has 0 saturated carbocycles. The van der Waals surface area contributed by atoms with E-state index in [1.807, 2.05) is 24.3 Å². The molecule has 178 valence electrons. The molecule has 1 aromatic heterocycles. The molecule has 2 rings (SSSR count). The summed E-state index contributed by atoms with van der Waals surface area (Å²) in [4.78, 5) is 11.7. The molecule has 10 heteroatoms. The predicted molar refractivity (Wildman–Crippen MR) is 122 cm³/mol. The van der Waals surface area contributed by atoms with Crippen molar-refractivity contribution in [3.8, 4) is 11.4 Å². The quantitative estimate of drug-likeness (QED) is 0.353. The second-order valence-corrected chi connectivity index (χ2v) is 7.90. The number of hydrogen-bond donors (Lipinski definition) is 2. The molecule has 0 atom stereocenters. The summed E-state index contributed by atoms with van der Waals surface area (Å²) in [6.45, 7) is 6.87. The summed E-state index contributed by atoms with van der Waals surface area (Å²) in [5.74, 6) is 1.62. The monoisotopic (exact) mass is 448 g/mol. The number of anilines is 1. The summed E-state index contributed by atoms with van der Waals surface area (Å²) in [7, 11) is 0. The first-order valence-electron chi connectivity index (χ1n) is 11.3. The van der Waals surface area contributed by atoms with E-state index in [4.69, 9.17) is 19.9 Å². The third kappa shape index (κ3) is 10.5. The van der Waals surface area contributed by atoms with E-state index in [9.17, 15) is 4.79 Å². The van der Waals surface area contributed by atoms with Crippen LogP contribution in [0.15, 0.2) is 24.3 Å². The fourth-order valence-corrected chi connectivity index (χ4v) is 2.97. The highest BCUT2D eigenvalue weighted by molar-refractivity contribution is 5.77. The zero-order chi connectivity index (χ0) is 23.0. The summed E-state index contributed by atoms with van der Waals surface area (Å²) >= 11 is 0. The van der Waals surface area contributed by atoms with Gasteiger partial charge in [-0.1, -0.05) is 44.6 Å². The Labute approximate surface area is 189 Å². The highest BCUT2D eigenvalue weighted by Gasteiger charge is 2.04. The molecule has 10 nitrogen and oxygen atoms in total. The highest BCUT2D eigenvalue weighted by atomic mass is 16.5. The minimum Gasteiger partial charge on any atom is -0.491 e. The summed E-state index contributed by atoms with van der Waals surface area (Å²) in [5, 5.41) is 13.8. The maximum Gasteiger partial charge on any atom is 0.245 e. The number of nitrogens with zero attached hydrogens (tertiary/aromatic N) is 4. The van der Waals surface area contributed by atoms with Gasteiger partial charge in [-0.25, -0.2) is 0 Å². The van der Waals surface area contributed by atoms with Gasteiger partial charge in [-0.2, -0.15) is 4.68 Å². The van der Waals surface area contributed by atoms with Gasteiger partial charge in [-0.3, -0.25) is 4.79 Å². The molecular weight excluding hydrogens is 412 g/mol. The molecule has 0 aliphatic carbocycles. The number of carbonyl (C=O) groups is 1. The molecular formula is C22H36N6O4. The van der Waals surface area contributed by atoms with Gasteiger partial charge in [-0.05, 0) is 47.0 Å². The van der Waals surface area contributed by atoms with E-state index in [1.54, 1.807) is 0 Å². The molecule has 0 aliphatic rings. The molecule has 1 heterocycles. The number of unbranched alkanes of at least 4 members (excludes halogenated alkanes) is 3. The topological polar surface area (TPSA) is 126 Å². The van der Waals surface area contributed by atoms with Crippen molar-refractivity contribution >= 4 is 11.9 Å². The first kappa shape index (κ1) is 25.5. The number of tetrazole rings is 1. The van der Waals surface area contributed by atoms with E-state index in [-0.39, 0.29) is 18.5 Å². The zero-order valence-corrected chi connectivity index (χ0v) is 19.2. The fourth-order valence-electron chi connectivity index (χ4n) is 2.97. The van der Waals surface area contributed by atoms with Gasteiger partial charge in [0, 0.05) is 6.54 Å². The second kappa shape index (κ2) is 15.1. The molecule has 3 N–H and O–H groups in total. The maximum atomic E-state index is 11.7. The van der Waals surface area contributed by atoms with E-state index < -0.39 is 0 Å². The molecule has 0 aliphatic heterocycles. The molecule has 1 aromatic carbocycles. The molecule has 32 heavy (non-hydrogen) atoms. The predicted octanol–water partition coefficient (Wildman–Crippen LogP) is 2.38. The lowest BCUT2D eigenvalue weighted by Gasteiger charge is -2.09. The van der Waals surface area contributed by atoms with Crippen LogP contribution in [0.1, 0.15) is 46.0 Å². The Morgan fingerprint density at radius 2 is 1.75 bits per heavy atom. The van der Waals surface area contributed by atoms with E-state index in [0.29, 0.717) is 38.7 Å². The summed E-state index contributed by atoms with van der Waals surface area (Å²) < 4.78 is 17.8. The Hall–Kier alpha value is -2.72. The average Bonchev–Trinajstić information content (AvgIpc) is 3.21. The Bertz CT molecular complexity index is 766. The Morgan fingerprint density at radius 1 is 1.03 bits per heavy atom. The van der Waals surface area contributed by atoms with Crippen LogP contribution in [0.5, 0.6) is 5.75 Å². The van der Waals surface area contributed by atoms with Gasteiger partial charge in [0.05, 0.1) is 25.5 Å². The molecule has 0 fully saturated rings. The van der Waals surface area contributed by atoms with Gasteiger partial charge in [-0.15, -0.1) is 0 Å². The van der Waals surface area contributed by atoms with Crippen LogP contribution in [-0.2, 0) is 14.3 Å². The zero-order valence-electron chi connectivity index (χ0n) is 19.2. The van der Waals surface area contributed by atoms with Gasteiger partial charge < -0.3 is 25.3 Å². The first-order chi connectivity index (χ1) is 15.6. The molecule has 1 amide bonds. The van der Waals surface area contributed by atoms with Crippen molar-refractivity contribution in [3.63, 3.8) is 0 Å². The minimum atomic E-state index is -0.0811. The van der Waals surface area contributed by atoms with Gasteiger partial charge >= 0.3 is 0 Å². The van der Waals surface area contributed by atoms with E-state index in [2.05, 4.69) is 34.7 Å². The van der Waals surface area contributed by atoms with E-state index in [1.165, 1.54) is 23.9 Å². The second-order valence-electron chi connectivity index (χ2n) is 7.90. The van der Waals surface area contributed by atoms with Crippen LogP contribution in [0.4, 0.5) is 5.95 Å². The number of carbonyl (C=O) groups excluding carboxylic acids is 1. The Kier molecular flexibility index (Phi) is 12.1. The summed E-state index contributed by atoms with van der Waals surface area (Å²) in [6, 6.07) is 7.25. The lowest BCUT2D eigenvalue weighted by atomic mass is 10.0. The van der Waals surface area contributed by atoms with Gasteiger partial charge in [0.15, 0.2) is 0 Å². The van der Waals surface area contributed by atoms with Crippen molar-refractivity contribution in [2.45, 2.75) is 46.0 Å². The molecule has 0 bridgehead atoms. The van der Waals surface area contributed by atoms with Crippen LogP contribution in [0.25, 0.3) is 5.69 Å². The maximum absolute atomic E-state index is 11.7. The van der Waals surface area contributed by atoms with Crippen LogP contribution in [0.2, 0.25) is 0 Å². The molecule has 0 unspecified atom stereocenters. The number of nitrogens with two attached hydrogens (primary N) is 1. The van der Waals surface area contributed by atoms with Crippen LogP contribution in [0, 0.1) is 5.92 Å². The lowest BCUT2D eigenvalue weighted by molar-refractivity contribution is -0.126. The van der Waals surface area contributed by atoms with Gasteiger partial charge in [0.1, 0.15) is 19.0 Å². The SMILES string of the molecule is CC(C)CCCCCCNC(=O)COCCOCCOc1ccc(-n2nnnc2N)cc1.